The Morgan fingerprint density at radius 1 is 0.724 bits per heavy atom. The molecule has 5 heteroatoms. The molecule has 4 aromatic carbocycles. The van der Waals surface area contributed by atoms with Crippen LogP contribution in [0.25, 0.3) is 44.0 Å². The van der Waals surface area contributed by atoms with Crippen LogP contribution in [0.3, 0.4) is 0 Å². The van der Waals surface area contributed by atoms with Gasteiger partial charge in [0.1, 0.15) is 0 Å². The number of fused-ring (bicyclic) bond motifs is 3. The van der Waals surface area contributed by atoms with Crippen molar-refractivity contribution < 1.29 is 9.47 Å². The Morgan fingerprint density at radius 3 is 2.17 bits per heavy atom. The summed E-state index contributed by atoms with van der Waals surface area (Å²) in [5.74, 6) is 1.33. The van der Waals surface area contributed by atoms with Gasteiger partial charge in [0.15, 0.2) is 11.5 Å². The van der Waals surface area contributed by atoms with E-state index in [0.717, 1.165) is 44.0 Å². The predicted molar refractivity (Wildman–Crippen MR) is 118 cm³/mol. The first-order chi connectivity index (χ1) is 14.2. The number of ether oxygens (including phenoxy) is 2. The van der Waals surface area contributed by atoms with Crippen LogP contribution in [0, 0.1) is 0 Å². The van der Waals surface area contributed by atoms with E-state index in [1.807, 2.05) is 66.7 Å². The van der Waals surface area contributed by atoms with Gasteiger partial charge in [0.2, 0.25) is 0 Å². The first-order valence-corrected chi connectivity index (χ1v) is 9.57. The number of aromatic nitrogens is 2. The number of hydrogen-bond donors (Lipinski definition) is 0. The average molecular weight is 401 g/mol. The summed E-state index contributed by atoms with van der Waals surface area (Å²) in [6.07, 6.45) is 0. The van der Waals surface area contributed by atoms with E-state index in [9.17, 15) is 0 Å². The predicted octanol–water partition coefficient (Wildman–Crippen LogP) is 6.27. The molecular weight excluding hydrogens is 384 g/mol. The maximum absolute atomic E-state index is 6.32. The zero-order valence-corrected chi connectivity index (χ0v) is 16.7. The molecule has 5 rings (SSSR count). The molecule has 0 saturated heterocycles. The average Bonchev–Trinajstić information content (AvgIpc) is 2.75. The fourth-order valence-corrected chi connectivity index (χ4v) is 3.93. The molecule has 0 atom stereocenters. The quantitative estimate of drug-likeness (QED) is 0.334. The van der Waals surface area contributed by atoms with Crippen LogP contribution in [-0.4, -0.2) is 24.2 Å². The number of rotatable bonds is 3. The molecule has 0 saturated carbocycles. The minimum atomic E-state index is 0.663. The van der Waals surface area contributed by atoms with Gasteiger partial charge in [-0.3, -0.25) is 0 Å². The van der Waals surface area contributed by atoms with E-state index in [0.29, 0.717) is 16.5 Å². The van der Waals surface area contributed by atoms with Crippen molar-refractivity contribution in [1.29, 1.82) is 0 Å². The number of methoxy groups -OCH3 is 2. The van der Waals surface area contributed by atoms with Crippen molar-refractivity contribution >= 4 is 44.4 Å². The van der Waals surface area contributed by atoms with Crippen LogP contribution in [0.4, 0.5) is 0 Å². The Hall–Kier alpha value is -3.37. The normalized spacial score (nSPS) is 11.3. The number of halogens is 1. The lowest BCUT2D eigenvalue weighted by Gasteiger charge is -2.15. The molecule has 0 N–H and O–H groups in total. The molecular formula is C24H17ClN2O2. The van der Waals surface area contributed by atoms with Crippen molar-refractivity contribution in [3.8, 4) is 22.6 Å². The van der Waals surface area contributed by atoms with Crippen LogP contribution in [0.15, 0.2) is 66.7 Å². The minimum absolute atomic E-state index is 0.663. The van der Waals surface area contributed by atoms with Gasteiger partial charge in [0, 0.05) is 10.6 Å². The van der Waals surface area contributed by atoms with E-state index in [1.54, 1.807) is 14.2 Å². The molecule has 4 nitrogen and oxygen atoms in total. The highest BCUT2D eigenvalue weighted by Crippen LogP contribution is 2.41. The zero-order valence-electron chi connectivity index (χ0n) is 15.9. The van der Waals surface area contributed by atoms with Crippen molar-refractivity contribution in [2.45, 2.75) is 0 Å². The third kappa shape index (κ3) is 2.93. The third-order valence-corrected chi connectivity index (χ3v) is 5.30. The van der Waals surface area contributed by atoms with Crippen LogP contribution in [0.2, 0.25) is 5.02 Å². The highest BCUT2D eigenvalue weighted by molar-refractivity contribution is 6.31. The summed E-state index contributed by atoms with van der Waals surface area (Å²) in [5, 5.41) is 2.67. The lowest BCUT2D eigenvalue weighted by atomic mass is 9.95. The molecule has 0 aliphatic rings. The van der Waals surface area contributed by atoms with Crippen LogP contribution in [-0.2, 0) is 0 Å². The topological polar surface area (TPSA) is 44.2 Å². The van der Waals surface area contributed by atoms with E-state index in [1.165, 1.54) is 0 Å². The third-order valence-electron chi connectivity index (χ3n) is 5.06. The highest BCUT2D eigenvalue weighted by Gasteiger charge is 2.16. The zero-order chi connectivity index (χ0) is 20.0. The fourth-order valence-electron chi connectivity index (χ4n) is 3.74. The highest BCUT2D eigenvalue weighted by atomic mass is 35.5. The van der Waals surface area contributed by atoms with Crippen LogP contribution < -0.4 is 9.47 Å². The summed E-state index contributed by atoms with van der Waals surface area (Å²) in [4.78, 5) is 9.82. The summed E-state index contributed by atoms with van der Waals surface area (Å²) < 4.78 is 11.1. The molecule has 0 unspecified atom stereocenters. The number of nitrogens with zero attached hydrogens (tertiary/aromatic N) is 2. The fraction of sp³-hybridized carbons (Fsp3) is 0.0833. The molecule has 0 aliphatic carbocycles. The summed E-state index contributed by atoms with van der Waals surface area (Å²) in [6, 6.07) is 21.7. The molecule has 5 aromatic rings. The van der Waals surface area contributed by atoms with E-state index in [4.69, 9.17) is 31.0 Å². The summed E-state index contributed by atoms with van der Waals surface area (Å²) in [5.41, 5.74) is 5.30. The molecule has 0 spiro atoms. The van der Waals surface area contributed by atoms with Gasteiger partial charge in [-0.05, 0) is 58.8 Å². The maximum Gasteiger partial charge on any atom is 0.161 e. The van der Waals surface area contributed by atoms with E-state index in [2.05, 4.69) is 0 Å². The summed E-state index contributed by atoms with van der Waals surface area (Å²) in [7, 11) is 3.27. The van der Waals surface area contributed by atoms with E-state index in [-0.39, 0.29) is 0 Å². The smallest absolute Gasteiger partial charge is 0.161 e. The van der Waals surface area contributed by atoms with Gasteiger partial charge >= 0.3 is 0 Å². The number of para-hydroxylation sites is 2. The lowest BCUT2D eigenvalue weighted by Crippen LogP contribution is -1.95. The van der Waals surface area contributed by atoms with Crippen LogP contribution >= 0.6 is 11.6 Å². The van der Waals surface area contributed by atoms with E-state index < -0.39 is 0 Å². The largest absolute Gasteiger partial charge is 0.493 e. The van der Waals surface area contributed by atoms with Gasteiger partial charge < -0.3 is 9.47 Å². The molecule has 1 aromatic heterocycles. The molecule has 0 aliphatic heterocycles. The SMILES string of the molecule is COc1cc2cc3nc4ccccc4nc3c(-c3cccc(Cl)c3)c2cc1OC. The van der Waals surface area contributed by atoms with Crippen molar-refractivity contribution in [3.63, 3.8) is 0 Å². The van der Waals surface area contributed by atoms with E-state index >= 15 is 0 Å². The summed E-state index contributed by atoms with van der Waals surface area (Å²) in [6.45, 7) is 0. The van der Waals surface area contributed by atoms with Crippen molar-refractivity contribution in [1.82, 2.24) is 9.97 Å². The molecule has 142 valence electrons. The molecule has 29 heavy (non-hydrogen) atoms. The second-order valence-corrected chi connectivity index (χ2v) is 7.21. The molecule has 0 amide bonds. The van der Waals surface area contributed by atoms with Crippen molar-refractivity contribution in [3.05, 3.63) is 71.8 Å². The van der Waals surface area contributed by atoms with Crippen LogP contribution in [0.5, 0.6) is 11.5 Å². The first kappa shape index (κ1) is 17.7. The Balaban J connectivity index is 1.99. The minimum Gasteiger partial charge on any atom is -0.493 e. The molecule has 1 heterocycles. The van der Waals surface area contributed by atoms with Gasteiger partial charge in [-0.2, -0.15) is 0 Å². The van der Waals surface area contributed by atoms with Gasteiger partial charge in [-0.25, -0.2) is 9.97 Å². The summed E-state index contributed by atoms with van der Waals surface area (Å²) >= 11 is 6.32. The second-order valence-electron chi connectivity index (χ2n) is 6.77. The monoisotopic (exact) mass is 400 g/mol. The molecule has 0 radical (unpaired) electrons. The van der Waals surface area contributed by atoms with Gasteiger partial charge in [-0.15, -0.1) is 0 Å². The van der Waals surface area contributed by atoms with Crippen molar-refractivity contribution in [2.75, 3.05) is 14.2 Å². The van der Waals surface area contributed by atoms with Gasteiger partial charge in [0.05, 0.1) is 36.3 Å². The Kier molecular flexibility index (Phi) is 4.22. The Labute approximate surface area is 172 Å². The van der Waals surface area contributed by atoms with Gasteiger partial charge in [0.25, 0.3) is 0 Å². The van der Waals surface area contributed by atoms with Crippen LogP contribution in [0.1, 0.15) is 0 Å². The molecule has 0 bridgehead atoms. The lowest BCUT2D eigenvalue weighted by molar-refractivity contribution is 0.356. The van der Waals surface area contributed by atoms with Gasteiger partial charge in [-0.1, -0.05) is 35.9 Å². The molecule has 0 fully saturated rings. The van der Waals surface area contributed by atoms with Crippen molar-refractivity contribution in [2.24, 2.45) is 0 Å². The second kappa shape index (κ2) is 6.90. The number of benzene rings is 4. The first-order valence-electron chi connectivity index (χ1n) is 9.19. The standard InChI is InChI=1S/C24H17ClN2O2/c1-28-21-12-15-11-20-24(27-19-9-4-3-8-18(19)26-20)23(17(15)13-22(21)29-2)14-6-5-7-16(25)10-14/h3-13H,1-2H3. The number of hydrogen-bond acceptors (Lipinski definition) is 4. The maximum atomic E-state index is 6.32. The Morgan fingerprint density at radius 2 is 1.45 bits per heavy atom. The Bertz CT molecular complexity index is 1400.